The largest absolute Gasteiger partial charge is 0.380 e. The number of nitrogens with one attached hydrogen (secondary N) is 1. The third kappa shape index (κ3) is 8.04. The highest BCUT2D eigenvalue weighted by Crippen LogP contribution is 1.97. The van der Waals surface area contributed by atoms with Crippen LogP contribution in [0, 0.1) is 0 Å². The molecule has 5 nitrogen and oxygen atoms in total. The van der Waals surface area contributed by atoms with E-state index < -0.39 is 10.0 Å². The summed E-state index contributed by atoms with van der Waals surface area (Å²) in [4.78, 5) is 0. The van der Waals surface area contributed by atoms with E-state index in [4.69, 9.17) is 4.74 Å². The molecule has 0 heterocycles. The molecule has 98 valence electrons. The molecule has 0 aromatic rings. The van der Waals surface area contributed by atoms with E-state index in [1.165, 1.54) is 10.6 Å². The van der Waals surface area contributed by atoms with Gasteiger partial charge in [-0.15, -0.1) is 0 Å². The van der Waals surface area contributed by atoms with E-state index in [-0.39, 0.29) is 0 Å². The molecule has 0 saturated heterocycles. The van der Waals surface area contributed by atoms with E-state index in [9.17, 15) is 8.42 Å². The Morgan fingerprint density at radius 3 is 2.44 bits per heavy atom. The monoisotopic (exact) mass is 252 g/mol. The van der Waals surface area contributed by atoms with Crippen LogP contribution in [0.1, 0.15) is 20.3 Å². The molecule has 6 heteroatoms. The highest BCUT2D eigenvalue weighted by molar-refractivity contribution is 7.88. The van der Waals surface area contributed by atoms with E-state index in [2.05, 4.69) is 5.32 Å². The zero-order chi connectivity index (χ0) is 12.4. The summed E-state index contributed by atoms with van der Waals surface area (Å²) in [7, 11) is -3.04. The van der Waals surface area contributed by atoms with Crippen LogP contribution in [0.3, 0.4) is 0 Å². The molecule has 0 aliphatic rings. The first-order valence-corrected chi connectivity index (χ1v) is 7.60. The van der Waals surface area contributed by atoms with Crippen LogP contribution >= 0.6 is 0 Å². The SMILES string of the molecule is CCOCCNCCCN(CC)S(C)(=O)=O. The number of rotatable bonds is 10. The highest BCUT2D eigenvalue weighted by Gasteiger charge is 2.12. The van der Waals surface area contributed by atoms with Crippen molar-refractivity contribution < 1.29 is 13.2 Å². The smallest absolute Gasteiger partial charge is 0.211 e. The van der Waals surface area contributed by atoms with Gasteiger partial charge in [0.2, 0.25) is 10.0 Å². The summed E-state index contributed by atoms with van der Waals surface area (Å²) >= 11 is 0. The van der Waals surface area contributed by atoms with Crippen molar-refractivity contribution >= 4 is 10.0 Å². The van der Waals surface area contributed by atoms with Crippen LogP contribution in [0.25, 0.3) is 0 Å². The average Bonchev–Trinajstić information content (AvgIpc) is 2.20. The Morgan fingerprint density at radius 1 is 1.25 bits per heavy atom. The Balaban J connectivity index is 3.50. The Bertz CT molecular complexity index is 255. The van der Waals surface area contributed by atoms with Crippen LogP contribution < -0.4 is 5.32 Å². The van der Waals surface area contributed by atoms with Gasteiger partial charge in [-0.05, 0) is 19.9 Å². The van der Waals surface area contributed by atoms with Crippen molar-refractivity contribution in [1.29, 1.82) is 0 Å². The summed E-state index contributed by atoms with van der Waals surface area (Å²) in [6.45, 7) is 8.01. The molecule has 0 unspecified atom stereocenters. The average molecular weight is 252 g/mol. The first-order valence-electron chi connectivity index (χ1n) is 5.76. The topological polar surface area (TPSA) is 58.6 Å². The number of sulfonamides is 1. The fraction of sp³-hybridized carbons (Fsp3) is 1.00. The zero-order valence-corrected chi connectivity index (χ0v) is 11.3. The van der Waals surface area contributed by atoms with Gasteiger partial charge in [0.05, 0.1) is 12.9 Å². The van der Waals surface area contributed by atoms with Crippen LogP contribution in [0.15, 0.2) is 0 Å². The van der Waals surface area contributed by atoms with E-state index in [1.807, 2.05) is 13.8 Å². The third-order valence-corrected chi connectivity index (χ3v) is 3.59. The predicted molar refractivity (Wildman–Crippen MR) is 66.1 cm³/mol. The van der Waals surface area contributed by atoms with Gasteiger partial charge < -0.3 is 10.1 Å². The first kappa shape index (κ1) is 15.8. The molecule has 16 heavy (non-hydrogen) atoms. The molecule has 0 radical (unpaired) electrons. The zero-order valence-electron chi connectivity index (χ0n) is 10.5. The maximum absolute atomic E-state index is 11.3. The Morgan fingerprint density at radius 2 is 1.94 bits per heavy atom. The maximum atomic E-state index is 11.3. The van der Waals surface area contributed by atoms with Crippen LogP contribution in [0.5, 0.6) is 0 Å². The van der Waals surface area contributed by atoms with Crippen molar-refractivity contribution in [2.24, 2.45) is 0 Å². The molecular weight excluding hydrogens is 228 g/mol. The van der Waals surface area contributed by atoms with Gasteiger partial charge in [0.15, 0.2) is 0 Å². The van der Waals surface area contributed by atoms with Crippen LogP contribution in [-0.4, -0.2) is 58.4 Å². The van der Waals surface area contributed by atoms with Crippen molar-refractivity contribution in [2.75, 3.05) is 45.6 Å². The molecular formula is C10H24N2O3S. The third-order valence-electron chi connectivity index (χ3n) is 2.21. The van der Waals surface area contributed by atoms with Gasteiger partial charge in [-0.2, -0.15) is 0 Å². The molecule has 0 aromatic carbocycles. The van der Waals surface area contributed by atoms with Gasteiger partial charge in [-0.3, -0.25) is 0 Å². The minimum Gasteiger partial charge on any atom is -0.380 e. The summed E-state index contributed by atoms with van der Waals surface area (Å²) in [5.41, 5.74) is 0. The Hall–Kier alpha value is -0.170. The fourth-order valence-electron chi connectivity index (χ4n) is 1.35. The van der Waals surface area contributed by atoms with Gasteiger partial charge in [0, 0.05) is 26.2 Å². The van der Waals surface area contributed by atoms with E-state index >= 15 is 0 Å². The minimum absolute atomic E-state index is 0.539. The molecule has 0 aliphatic carbocycles. The quantitative estimate of drug-likeness (QED) is 0.568. The van der Waals surface area contributed by atoms with Gasteiger partial charge in [0.1, 0.15) is 0 Å². The number of hydrogen-bond acceptors (Lipinski definition) is 4. The Labute approximate surface area is 99.2 Å². The lowest BCUT2D eigenvalue weighted by molar-refractivity contribution is 0.149. The van der Waals surface area contributed by atoms with Crippen molar-refractivity contribution in [3.63, 3.8) is 0 Å². The number of nitrogens with zero attached hydrogens (tertiary/aromatic N) is 1. The van der Waals surface area contributed by atoms with Gasteiger partial charge in [-0.1, -0.05) is 6.92 Å². The second-order valence-electron chi connectivity index (χ2n) is 3.56. The van der Waals surface area contributed by atoms with Crippen molar-refractivity contribution in [2.45, 2.75) is 20.3 Å². The predicted octanol–water partition coefficient (Wildman–Crippen LogP) is 0.284. The second-order valence-corrected chi connectivity index (χ2v) is 5.54. The van der Waals surface area contributed by atoms with Gasteiger partial charge in [0.25, 0.3) is 0 Å². The molecule has 0 fully saturated rings. The molecule has 1 N–H and O–H groups in total. The standard InChI is InChI=1S/C10H24N2O3S/c1-4-12(16(3,13)14)9-6-7-11-8-10-15-5-2/h11H,4-10H2,1-3H3. The fourth-order valence-corrected chi connectivity index (χ4v) is 2.28. The molecule has 0 spiro atoms. The molecule has 0 aromatic heterocycles. The normalized spacial score (nSPS) is 12.2. The van der Waals surface area contributed by atoms with Crippen LogP contribution in [0.4, 0.5) is 0 Å². The van der Waals surface area contributed by atoms with Gasteiger partial charge in [-0.25, -0.2) is 12.7 Å². The molecule has 0 atom stereocenters. The Kier molecular flexibility index (Phi) is 8.83. The van der Waals surface area contributed by atoms with Crippen LogP contribution in [0.2, 0.25) is 0 Å². The molecule has 0 aliphatic heterocycles. The van der Waals surface area contributed by atoms with Crippen molar-refractivity contribution in [3.05, 3.63) is 0 Å². The van der Waals surface area contributed by atoms with E-state index in [0.717, 1.165) is 26.1 Å². The summed E-state index contributed by atoms with van der Waals surface area (Å²) < 4.78 is 29.2. The summed E-state index contributed by atoms with van der Waals surface area (Å²) in [5, 5.41) is 3.20. The van der Waals surface area contributed by atoms with Crippen LogP contribution in [-0.2, 0) is 14.8 Å². The minimum atomic E-state index is -3.04. The molecule has 0 bridgehead atoms. The lowest BCUT2D eigenvalue weighted by atomic mass is 10.4. The van der Waals surface area contributed by atoms with Crippen molar-refractivity contribution in [3.8, 4) is 0 Å². The highest BCUT2D eigenvalue weighted by atomic mass is 32.2. The summed E-state index contributed by atoms with van der Waals surface area (Å²) in [6.07, 6.45) is 2.08. The lowest BCUT2D eigenvalue weighted by Gasteiger charge is -2.17. The first-order chi connectivity index (χ1) is 7.52. The number of ether oxygens (including phenoxy) is 1. The second kappa shape index (κ2) is 8.92. The molecule has 0 saturated carbocycles. The molecule has 0 rings (SSSR count). The van der Waals surface area contributed by atoms with E-state index in [1.54, 1.807) is 0 Å². The summed E-state index contributed by atoms with van der Waals surface area (Å²) in [5.74, 6) is 0. The van der Waals surface area contributed by atoms with Crippen molar-refractivity contribution in [1.82, 2.24) is 9.62 Å². The molecule has 0 amide bonds. The van der Waals surface area contributed by atoms with Gasteiger partial charge >= 0.3 is 0 Å². The summed E-state index contributed by atoms with van der Waals surface area (Å²) in [6, 6.07) is 0. The van der Waals surface area contributed by atoms with E-state index in [0.29, 0.717) is 19.7 Å². The number of hydrogen-bond donors (Lipinski definition) is 1. The lowest BCUT2D eigenvalue weighted by Crippen LogP contribution is -2.32. The maximum Gasteiger partial charge on any atom is 0.211 e.